The van der Waals surface area contributed by atoms with Gasteiger partial charge in [-0.3, -0.25) is 0 Å². The average molecular weight is 346 g/mol. The van der Waals surface area contributed by atoms with Crippen molar-refractivity contribution in [1.29, 1.82) is 0 Å². The van der Waals surface area contributed by atoms with E-state index in [1.165, 1.54) is 12.1 Å². The van der Waals surface area contributed by atoms with E-state index in [-0.39, 0.29) is 5.82 Å². The van der Waals surface area contributed by atoms with Crippen LogP contribution >= 0.6 is 0 Å². The molecule has 0 fully saturated rings. The number of nitrogens with zero attached hydrogens (tertiary/aromatic N) is 6. The van der Waals surface area contributed by atoms with Gasteiger partial charge in [-0.25, -0.2) is 19.0 Å². The first-order chi connectivity index (χ1) is 12.6. The van der Waals surface area contributed by atoms with Gasteiger partial charge < -0.3 is 4.57 Å². The largest absolute Gasteiger partial charge is 0.318 e. The molecule has 6 nitrogen and oxygen atoms in total. The SMILES string of the molecule is Cc1cnc(-c2ccn3c2Cc2c(C)nnn2-c2cc(F)ccc2-3)nc1. The van der Waals surface area contributed by atoms with Crippen molar-refractivity contribution in [2.24, 2.45) is 0 Å². The summed E-state index contributed by atoms with van der Waals surface area (Å²) in [5, 5.41) is 8.42. The summed E-state index contributed by atoms with van der Waals surface area (Å²) in [7, 11) is 0. The Morgan fingerprint density at radius 2 is 1.81 bits per heavy atom. The number of aromatic nitrogens is 6. The monoisotopic (exact) mass is 346 g/mol. The molecular formula is C19H15FN6. The lowest BCUT2D eigenvalue weighted by Gasteiger charge is -2.10. The van der Waals surface area contributed by atoms with Gasteiger partial charge in [-0.05, 0) is 37.6 Å². The van der Waals surface area contributed by atoms with Gasteiger partial charge in [0.05, 0.1) is 22.8 Å². The standard InChI is InChI=1S/C19H15FN6/c1-11-9-21-19(22-10-11)14-5-6-25-15-4-3-13(20)7-18(15)26-16(8-17(14)25)12(2)23-24-26/h3-7,9-10H,8H2,1-2H3. The summed E-state index contributed by atoms with van der Waals surface area (Å²) in [5.41, 5.74) is 6.28. The van der Waals surface area contributed by atoms with Crippen molar-refractivity contribution in [1.82, 2.24) is 29.5 Å². The molecule has 26 heavy (non-hydrogen) atoms. The first-order valence-electron chi connectivity index (χ1n) is 8.32. The molecule has 3 aromatic heterocycles. The van der Waals surface area contributed by atoms with Gasteiger partial charge in [-0.1, -0.05) is 5.21 Å². The molecule has 1 aliphatic rings. The molecule has 4 heterocycles. The summed E-state index contributed by atoms with van der Waals surface area (Å²) < 4.78 is 17.7. The van der Waals surface area contributed by atoms with Crippen LogP contribution in [0.15, 0.2) is 42.9 Å². The van der Waals surface area contributed by atoms with Gasteiger partial charge in [0.15, 0.2) is 5.82 Å². The van der Waals surface area contributed by atoms with Crippen LogP contribution in [0.1, 0.15) is 22.6 Å². The van der Waals surface area contributed by atoms with Crippen LogP contribution in [0.5, 0.6) is 0 Å². The van der Waals surface area contributed by atoms with E-state index < -0.39 is 0 Å². The number of fused-ring (bicyclic) bond motifs is 5. The molecule has 4 aromatic rings. The Morgan fingerprint density at radius 3 is 2.62 bits per heavy atom. The van der Waals surface area contributed by atoms with Crippen molar-refractivity contribution < 1.29 is 4.39 Å². The van der Waals surface area contributed by atoms with Gasteiger partial charge in [0.1, 0.15) is 5.82 Å². The van der Waals surface area contributed by atoms with Crippen molar-refractivity contribution >= 4 is 0 Å². The molecule has 0 saturated carbocycles. The van der Waals surface area contributed by atoms with Gasteiger partial charge in [0, 0.05) is 42.3 Å². The number of aryl methyl sites for hydroxylation is 2. The molecule has 0 amide bonds. The lowest BCUT2D eigenvalue weighted by atomic mass is 10.1. The average Bonchev–Trinajstić information content (AvgIpc) is 3.17. The highest BCUT2D eigenvalue weighted by Gasteiger charge is 2.25. The maximum Gasteiger partial charge on any atom is 0.160 e. The molecule has 0 atom stereocenters. The van der Waals surface area contributed by atoms with Crippen LogP contribution in [0.2, 0.25) is 0 Å². The molecule has 7 heteroatoms. The topological polar surface area (TPSA) is 61.4 Å². The molecule has 0 radical (unpaired) electrons. The Balaban J connectivity index is 1.80. The molecule has 0 spiro atoms. The molecule has 1 aliphatic heterocycles. The number of halogens is 1. The number of rotatable bonds is 1. The van der Waals surface area contributed by atoms with Gasteiger partial charge in [0.25, 0.3) is 0 Å². The molecule has 5 rings (SSSR count). The number of benzene rings is 1. The summed E-state index contributed by atoms with van der Waals surface area (Å²) in [6.45, 7) is 3.88. The van der Waals surface area contributed by atoms with Crippen LogP contribution in [0.3, 0.4) is 0 Å². The lowest BCUT2D eigenvalue weighted by molar-refractivity contribution is 0.624. The molecule has 0 bridgehead atoms. The molecule has 0 unspecified atom stereocenters. The van der Waals surface area contributed by atoms with E-state index in [1.54, 1.807) is 10.7 Å². The van der Waals surface area contributed by atoms with Gasteiger partial charge in [0.2, 0.25) is 0 Å². The quantitative estimate of drug-likeness (QED) is 0.468. The minimum Gasteiger partial charge on any atom is -0.318 e. The highest BCUT2D eigenvalue weighted by Crippen LogP contribution is 2.33. The Hall–Kier alpha value is -3.35. The molecular weight excluding hydrogens is 331 g/mol. The fraction of sp³-hybridized carbons (Fsp3) is 0.158. The van der Waals surface area contributed by atoms with Gasteiger partial charge in [-0.2, -0.15) is 0 Å². The number of hydrogen-bond donors (Lipinski definition) is 0. The first kappa shape index (κ1) is 14.9. The van der Waals surface area contributed by atoms with Gasteiger partial charge >= 0.3 is 0 Å². The normalized spacial score (nSPS) is 12.3. The second kappa shape index (κ2) is 5.32. The summed E-state index contributed by atoms with van der Waals surface area (Å²) in [5.74, 6) is 0.368. The Kier molecular flexibility index (Phi) is 3.06. The highest BCUT2D eigenvalue weighted by molar-refractivity contribution is 5.65. The van der Waals surface area contributed by atoms with E-state index >= 15 is 0 Å². The highest BCUT2D eigenvalue weighted by atomic mass is 19.1. The third kappa shape index (κ3) is 2.10. The zero-order chi connectivity index (χ0) is 17.8. The second-order valence-electron chi connectivity index (χ2n) is 6.47. The van der Waals surface area contributed by atoms with E-state index in [2.05, 4.69) is 24.8 Å². The Morgan fingerprint density at radius 1 is 1.00 bits per heavy atom. The lowest BCUT2D eigenvalue weighted by Crippen LogP contribution is -2.03. The maximum atomic E-state index is 13.9. The second-order valence-corrected chi connectivity index (χ2v) is 6.47. The maximum absolute atomic E-state index is 13.9. The molecule has 1 aromatic carbocycles. The third-order valence-corrected chi connectivity index (χ3v) is 4.73. The van der Waals surface area contributed by atoms with Crippen LogP contribution < -0.4 is 0 Å². The van der Waals surface area contributed by atoms with Crippen LogP contribution in [0.4, 0.5) is 4.39 Å². The van der Waals surface area contributed by atoms with Crippen LogP contribution in [0, 0.1) is 19.7 Å². The predicted octanol–water partition coefficient (Wildman–Crippen LogP) is 3.18. The van der Waals surface area contributed by atoms with E-state index in [0.717, 1.165) is 33.9 Å². The van der Waals surface area contributed by atoms with E-state index in [1.807, 2.05) is 38.5 Å². The third-order valence-electron chi connectivity index (χ3n) is 4.73. The number of hydrogen-bond acceptors (Lipinski definition) is 4. The van der Waals surface area contributed by atoms with Crippen LogP contribution in [-0.2, 0) is 6.42 Å². The fourth-order valence-electron chi connectivity index (χ4n) is 3.41. The van der Waals surface area contributed by atoms with Crippen molar-refractivity contribution in [3.63, 3.8) is 0 Å². The Bertz CT molecular complexity index is 1140. The van der Waals surface area contributed by atoms with Crippen molar-refractivity contribution in [2.75, 3.05) is 0 Å². The van der Waals surface area contributed by atoms with Crippen LogP contribution in [0.25, 0.3) is 22.8 Å². The molecule has 128 valence electrons. The fourth-order valence-corrected chi connectivity index (χ4v) is 3.41. The van der Waals surface area contributed by atoms with E-state index in [4.69, 9.17) is 0 Å². The predicted molar refractivity (Wildman–Crippen MR) is 94.0 cm³/mol. The minimum absolute atomic E-state index is 0.305. The molecule has 0 saturated heterocycles. The summed E-state index contributed by atoms with van der Waals surface area (Å²) in [6, 6.07) is 6.71. The van der Waals surface area contributed by atoms with E-state index in [9.17, 15) is 4.39 Å². The summed E-state index contributed by atoms with van der Waals surface area (Å²) >= 11 is 0. The summed E-state index contributed by atoms with van der Waals surface area (Å²) in [4.78, 5) is 8.95. The van der Waals surface area contributed by atoms with Crippen LogP contribution in [-0.4, -0.2) is 29.5 Å². The zero-order valence-electron chi connectivity index (χ0n) is 14.3. The smallest absolute Gasteiger partial charge is 0.160 e. The zero-order valence-corrected chi connectivity index (χ0v) is 14.3. The minimum atomic E-state index is -0.305. The van der Waals surface area contributed by atoms with Crippen molar-refractivity contribution in [3.8, 4) is 22.8 Å². The van der Waals surface area contributed by atoms with Crippen molar-refractivity contribution in [2.45, 2.75) is 20.3 Å². The summed E-state index contributed by atoms with van der Waals surface area (Å²) in [6.07, 6.45) is 6.20. The molecule has 0 N–H and O–H groups in total. The van der Waals surface area contributed by atoms with Crippen molar-refractivity contribution in [3.05, 3.63) is 71.3 Å². The Labute approximate surface area is 149 Å². The molecule has 0 aliphatic carbocycles. The first-order valence-corrected chi connectivity index (χ1v) is 8.32. The van der Waals surface area contributed by atoms with E-state index in [0.29, 0.717) is 17.9 Å². The van der Waals surface area contributed by atoms with Gasteiger partial charge in [-0.15, -0.1) is 5.10 Å².